The standard InChI is InChI=1S/C21H34N4O4S/c1-3-25-13-14(2)30-21(25)24-23-20(28)18(26)17(15-9-11-29-12-10-15)22-19(27)16-7-5-4-6-8-16/h14-17H,3-13H2,1-2H3,(H,22,27)(H,23,28)/t14-,17?/m1/s1. The molecule has 2 N–H and O–H groups in total. The highest BCUT2D eigenvalue weighted by Crippen LogP contribution is 2.26. The molecule has 2 saturated heterocycles. The van der Waals surface area contributed by atoms with Crippen molar-refractivity contribution in [2.45, 2.75) is 70.1 Å². The minimum Gasteiger partial charge on any atom is -0.381 e. The van der Waals surface area contributed by atoms with Crippen LogP contribution >= 0.6 is 11.8 Å². The van der Waals surface area contributed by atoms with Crippen molar-refractivity contribution < 1.29 is 19.1 Å². The van der Waals surface area contributed by atoms with Crippen molar-refractivity contribution in [3.8, 4) is 0 Å². The van der Waals surface area contributed by atoms with Gasteiger partial charge in [0, 0.05) is 37.5 Å². The van der Waals surface area contributed by atoms with Crippen LogP contribution in [0.5, 0.6) is 0 Å². The minimum absolute atomic E-state index is 0.0633. The molecule has 3 aliphatic rings. The predicted molar refractivity (Wildman–Crippen MR) is 117 cm³/mol. The van der Waals surface area contributed by atoms with Gasteiger partial charge in [-0.1, -0.05) is 37.9 Å². The second-order valence-corrected chi connectivity index (χ2v) is 9.84. The van der Waals surface area contributed by atoms with Gasteiger partial charge in [0.15, 0.2) is 5.17 Å². The fraction of sp³-hybridized carbons (Fsp3) is 0.810. The smallest absolute Gasteiger partial charge is 0.309 e. The van der Waals surface area contributed by atoms with Gasteiger partial charge in [0.1, 0.15) is 6.04 Å². The molecule has 0 spiro atoms. The van der Waals surface area contributed by atoms with Crippen LogP contribution < -0.4 is 10.7 Å². The highest BCUT2D eigenvalue weighted by molar-refractivity contribution is 8.14. The molecule has 2 heterocycles. The lowest BCUT2D eigenvalue weighted by Crippen LogP contribution is -2.53. The quantitative estimate of drug-likeness (QED) is 0.465. The van der Waals surface area contributed by atoms with Crippen LogP contribution in [0.4, 0.5) is 0 Å². The fourth-order valence-electron chi connectivity index (χ4n) is 4.42. The van der Waals surface area contributed by atoms with Crippen molar-refractivity contribution in [1.29, 1.82) is 0 Å². The number of rotatable bonds is 7. The molecule has 168 valence electrons. The third-order valence-electron chi connectivity index (χ3n) is 6.21. The van der Waals surface area contributed by atoms with Crippen LogP contribution in [0.2, 0.25) is 0 Å². The number of hydrogen-bond acceptors (Lipinski definition) is 6. The number of hydrogen-bond donors (Lipinski definition) is 2. The summed E-state index contributed by atoms with van der Waals surface area (Å²) in [5, 5.41) is 8.23. The van der Waals surface area contributed by atoms with Crippen molar-refractivity contribution in [1.82, 2.24) is 15.6 Å². The van der Waals surface area contributed by atoms with Gasteiger partial charge in [0.05, 0.1) is 0 Å². The van der Waals surface area contributed by atoms with Crippen LogP contribution in [0.25, 0.3) is 0 Å². The third-order valence-corrected chi connectivity index (χ3v) is 7.32. The minimum atomic E-state index is -0.819. The van der Waals surface area contributed by atoms with Crippen LogP contribution in [0.1, 0.15) is 58.8 Å². The summed E-state index contributed by atoms with van der Waals surface area (Å²) in [4.78, 5) is 40.5. The maximum absolute atomic E-state index is 13.0. The lowest BCUT2D eigenvalue weighted by atomic mass is 9.85. The first-order chi connectivity index (χ1) is 14.5. The summed E-state index contributed by atoms with van der Waals surface area (Å²) < 4.78 is 5.41. The molecule has 2 aliphatic heterocycles. The van der Waals surface area contributed by atoms with Crippen LogP contribution in [0.3, 0.4) is 0 Å². The molecule has 3 fully saturated rings. The van der Waals surface area contributed by atoms with E-state index in [2.05, 4.69) is 27.7 Å². The number of Topliss-reactive ketones (excluding diaryl/α,β-unsaturated/α-hetero) is 1. The zero-order valence-corrected chi connectivity index (χ0v) is 18.8. The van der Waals surface area contributed by atoms with E-state index in [9.17, 15) is 14.4 Å². The van der Waals surface area contributed by atoms with E-state index in [1.165, 1.54) is 0 Å². The number of thioether (sulfide) groups is 1. The molecule has 0 bridgehead atoms. The van der Waals surface area contributed by atoms with Crippen molar-refractivity contribution in [2.24, 2.45) is 16.9 Å². The number of carbonyl (C=O) groups excluding carboxylic acids is 3. The average molecular weight is 439 g/mol. The van der Waals surface area contributed by atoms with Gasteiger partial charge in [-0.3, -0.25) is 14.4 Å². The molecule has 8 nitrogen and oxygen atoms in total. The Morgan fingerprint density at radius 2 is 1.87 bits per heavy atom. The monoisotopic (exact) mass is 438 g/mol. The number of nitrogens with zero attached hydrogens (tertiary/aromatic N) is 2. The van der Waals surface area contributed by atoms with E-state index in [1.54, 1.807) is 11.8 Å². The first kappa shape index (κ1) is 23.1. The highest BCUT2D eigenvalue weighted by Gasteiger charge is 2.36. The largest absolute Gasteiger partial charge is 0.381 e. The van der Waals surface area contributed by atoms with Gasteiger partial charge < -0.3 is 15.0 Å². The molecular formula is C21H34N4O4S. The number of hydrazone groups is 1. The van der Waals surface area contributed by atoms with Gasteiger partial charge in [-0.25, -0.2) is 5.43 Å². The summed E-state index contributed by atoms with van der Waals surface area (Å²) in [5.74, 6) is -1.64. The SMILES string of the molecule is CCN1C[C@@H](C)SC1=NNC(=O)C(=O)C(NC(=O)C1CCCCC1)C1CCOCC1. The van der Waals surface area contributed by atoms with Crippen molar-refractivity contribution in [3.63, 3.8) is 0 Å². The zero-order chi connectivity index (χ0) is 21.5. The molecule has 0 aromatic rings. The first-order valence-corrected chi connectivity index (χ1v) is 12.1. The van der Waals surface area contributed by atoms with Crippen LogP contribution in [-0.2, 0) is 19.1 Å². The normalized spacial score (nSPS) is 25.9. The molecular weight excluding hydrogens is 404 g/mol. The molecule has 1 saturated carbocycles. The first-order valence-electron chi connectivity index (χ1n) is 11.2. The predicted octanol–water partition coefficient (Wildman–Crippen LogP) is 1.89. The van der Waals surface area contributed by atoms with Crippen LogP contribution in [-0.4, -0.2) is 65.3 Å². The number of nitrogens with one attached hydrogen (secondary N) is 2. The summed E-state index contributed by atoms with van der Waals surface area (Å²) in [7, 11) is 0. The highest BCUT2D eigenvalue weighted by atomic mass is 32.2. The van der Waals surface area contributed by atoms with E-state index in [-0.39, 0.29) is 17.7 Å². The zero-order valence-electron chi connectivity index (χ0n) is 18.0. The van der Waals surface area contributed by atoms with Gasteiger partial charge in [-0.05, 0) is 38.5 Å². The van der Waals surface area contributed by atoms with Crippen molar-refractivity contribution in [2.75, 3.05) is 26.3 Å². The lowest BCUT2D eigenvalue weighted by molar-refractivity contribution is -0.142. The topological polar surface area (TPSA) is 100 Å². The van der Waals surface area contributed by atoms with Gasteiger partial charge >= 0.3 is 5.91 Å². The van der Waals surface area contributed by atoms with E-state index in [0.717, 1.165) is 50.4 Å². The third kappa shape index (κ3) is 5.97. The Kier molecular flexibility index (Phi) is 8.56. The Bertz CT molecular complexity index is 659. The molecule has 2 atom stereocenters. The number of carbonyl (C=O) groups is 3. The van der Waals surface area contributed by atoms with Crippen molar-refractivity contribution in [3.05, 3.63) is 0 Å². The average Bonchev–Trinajstić information content (AvgIpc) is 3.15. The Labute approximate surface area is 182 Å². The fourth-order valence-corrected chi connectivity index (χ4v) is 5.48. The summed E-state index contributed by atoms with van der Waals surface area (Å²) in [5.41, 5.74) is 2.44. The molecule has 0 aromatic carbocycles. The summed E-state index contributed by atoms with van der Waals surface area (Å²) in [6.45, 7) is 6.87. The molecule has 1 unspecified atom stereocenters. The van der Waals surface area contributed by atoms with Gasteiger partial charge in [-0.2, -0.15) is 0 Å². The second kappa shape index (κ2) is 11.1. The van der Waals surface area contributed by atoms with E-state index in [0.29, 0.717) is 31.3 Å². The summed E-state index contributed by atoms with van der Waals surface area (Å²) in [6, 6.07) is -0.819. The molecule has 3 rings (SSSR count). The van der Waals surface area contributed by atoms with Gasteiger partial charge in [0.25, 0.3) is 0 Å². The van der Waals surface area contributed by atoms with Crippen LogP contribution in [0, 0.1) is 11.8 Å². The van der Waals surface area contributed by atoms with Crippen molar-refractivity contribution >= 4 is 34.5 Å². The molecule has 9 heteroatoms. The maximum Gasteiger partial charge on any atom is 0.309 e. The Morgan fingerprint density at radius 1 is 1.17 bits per heavy atom. The van der Waals surface area contributed by atoms with Gasteiger partial charge in [0.2, 0.25) is 11.7 Å². The maximum atomic E-state index is 13.0. The Morgan fingerprint density at radius 3 is 2.53 bits per heavy atom. The second-order valence-electron chi connectivity index (χ2n) is 8.44. The van der Waals surface area contributed by atoms with E-state index >= 15 is 0 Å². The number of amidine groups is 1. The number of amides is 2. The summed E-state index contributed by atoms with van der Waals surface area (Å²) >= 11 is 1.58. The number of ether oxygens (including phenoxy) is 1. The molecule has 0 radical (unpaired) electrons. The number of ketones is 1. The van der Waals surface area contributed by atoms with Crippen LogP contribution in [0.15, 0.2) is 5.10 Å². The Hall–Kier alpha value is -1.61. The van der Waals surface area contributed by atoms with E-state index in [1.807, 2.05) is 6.92 Å². The van der Waals surface area contributed by atoms with E-state index in [4.69, 9.17) is 4.74 Å². The molecule has 30 heavy (non-hydrogen) atoms. The summed E-state index contributed by atoms with van der Waals surface area (Å²) in [6.07, 6.45) is 6.23. The lowest BCUT2D eigenvalue weighted by Gasteiger charge is -2.31. The van der Waals surface area contributed by atoms with E-state index < -0.39 is 17.7 Å². The molecule has 2 amide bonds. The van der Waals surface area contributed by atoms with Gasteiger partial charge in [-0.15, -0.1) is 5.10 Å². The molecule has 0 aromatic heterocycles. The molecule has 1 aliphatic carbocycles. The Balaban J connectivity index is 1.66.